The Morgan fingerprint density at radius 1 is 1.12 bits per heavy atom. The van der Waals surface area contributed by atoms with E-state index >= 15 is 0 Å². The number of para-hydroxylation sites is 1. The third kappa shape index (κ3) is 4.10. The van der Waals surface area contributed by atoms with E-state index in [1.54, 1.807) is 6.07 Å². The number of aromatic amines is 1. The lowest BCUT2D eigenvalue weighted by Gasteiger charge is -2.13. The topological polar surface area (TPSA) is 86.9 Å². The molecule has 1 saturated carbocycles. The van der Waals surface area contributed by atoms with Gasteiger partial charge in [-0.3, -0.25) is 0 Å². The van der Waals surface area contributed by atoms with Gasteiger partial charge in [0, 0.05) is 11.6 Å². The van der Waals surface area contributed by atoms with Gasteiger partial charge >= 0.3 is 6.18 Å². The molecule has 1 aliphatic rings. The molecule has 0 spiro atoms. The standard InChI is InChI=1S/C21H17F3N4O2S2/c22-21(23,24)16-2-1-3-17-19(16)27-20(25-17)26-18-10-14(32(29,30)28-13-4-5-13)6-7-15(18)12-8-9-31-11-12/h1-3,6-11,13,28H,4-5H2,(H2,25,26,27). The molecule has 2 heterocycles. The number of benzene rings is 2. The van der Waals surface area contributed by atoms with Crippen molar-refractivity contribution in [2.75, 3.05) is 5.32 Å². The average Bonchev–Trinajstić information content (AvgIpc) is 3.21. The molecule has 1 fully saturated rings. The van der Waals surface area contributed by atoms with Gasteiger partial charge in [0.25, 0.3) is 0 Å². The zero-order valence-electron chi connectivity index (χ0n) is 16.4. The first kappa shape index (κ1) is 21.0. The van der Waals surface area contributed by atoms with Crippen LogP contribution in [0.2, 0.25) is 0 Å². The number of rotatable bonds is 6. The molecule has 4 aromatic rings. The van der Waals surface area contributed by atoms with Crippen LogP contribution in [0, 0.1) is 0 Å². The summed E-state index contributed by atoms with van der Waals surface area (Å²) in [5, 5.41) is 6.77. The van der Waals surface area contributed by atoms with Crippen LogP contribution in [0.1, 0.15) is 18.4 Å². The molecule has 0 unspecified atom stereocenters. The van der Waals surface area contributed by atoms with Crippen molar-refractivity contribution in [3.05, 3.63) is 58.8 Å². The van der Waals surface area contributed by atoms with E-state index in [1.807, 2.05) is 16.8 Å². The average molecular weight is 479 g/mol. The van der Waals surface area contributed by atoms with Gasteiger partial charge in [0.2, 0.25) is 16.0 Å². The molecule has 11 heteroatoms. The van der Waals surface area contributed by atoms with E-state index in [9.17, 15) is 21.6 Å². The number of anilines is 2. The van der Waals surface area contributed by atoms with Crippen molar-refractivity contribution in [1.29, 1.82) is 0 Å². The Morgan fingerprint density at radius 2 is 1.94 bits per heavy atom. The predicted molar refractivity (Wildman–Crippen MR) is 117 cm³/mol. The van der Waals surface area contributed by atoms with E-state index in [0.717, 1.165) is 24.5 Å². The van der Waals surface area contributed by atoms with Gasteiger partial charge < -0.3 is 10.3 Å². The van der Waals surface area contributed by atoms with Crippen LogP contribution in [0.15, 0.2) is 58.1 Å². The fourth-order valence-electron chi connectivity index (χ4n) is 3.40. The van der Waals surface area contributed by atoms with E-state index in [-0.39, 0.29) is 27.9 Å². The maximum absolute atomic E-state index is 13.4. The summed E-state index contributed by atoms with van der Waals surface area (Å²) >= 11 is 1.48. The van der Waals surface area contributed by atoms with Crippen LogP contribution in [0.3, 0.4) is 0 Å². The lowest BCUT2D eigenvalue weighted by atomic mass is 10.1. The molecule has 0 aliphatic heterocycles. The summed E-state index contributed by atoms with van der Waals surface area (Å²) in [6, 6.07) is 10.3. The van der Waals surface area contributed by atoms with Gasteiger partial charge in [0.15, 0.2) is 0 Å². The first-order chi connectivity index (χ1) is 15.2. The van der Waals surface area contributed by atoms with Crippen LogP contribution < -0.4 is 10.0 Å². The smallest absolute Gasteiger partial charge is 0.325 e. The second kappa shape index (κ2) is 7.61. The Morgan fingerprint density at radius 3 is 2.62 bits per heavy atom. The molecular weight excluding hydrogens is 461 g/mol. The second-order valence-corrected chi connectivity index (χ2v) is 10.0. The van der Waals surface area contributed by atoms with Crippen molar-refractivity contribution in [1.82, 2.24) is 14.7 Å². The summed E-state index contributed by atoms with van der Waals surface area (Å²) in [7, 11) is -3.71. The highest BCUT2D eigenvalue weighted by Crippen LogP contribution is 2.37. The van der Waals surface area contributed by atoms with Gasteiger partial charge in [0.05, 0.1) is 21.7 Å². The molecule has 5 rings (SSSR count). The number of thiophene rings is 1. The van der Waals surface area contributed by atoms with Crippen LogP contribution in [0.5, 0.6) is 0 Å². The second-order valence-electron chi connectivity index (χ2n) is 7.52. The number of imidazole rings is 1. The van der Waals surface area contributed by atoms with E-state index in [4.69, 9.17) is 0 Å². The first-order valence-corrected chi connectivity index (χ1v) is 12.2. The summed E-state index contributed by atoms with van der Waals surface area (Å²) in [6.45, 7) is 0. The molecule has 2 aromatic heterocycles. The minimum absolute atomic E-state index is 0.0517. The predicted octanol–water partition coefficient (Wildman–Crippen LogP) is 5.49. The largest absolute Gasteiger partial charge is 0.418 e. The number of H-pyrrole nitrogens is 1. The third-order valence-corrected chi connectivity index (χ3v) is 7.31. The van der Waals surface area contributed by atoms with Crippen LogP contribution >= 0.6 is 11.3 Å². The van der Waals surface area contributed by atoms with Gasteiger partial charge in [0.1, 0.15) is 5.52 Å². The van der Waals surface area contributed by atoms with E-state index in [1.165, 1.54) is 35.6 Å². The SMILES string of the molecule is O=S(=O)(NC1CC1)c1ccc(-c2ccsc2)c(Nc2nc3c(C(F)(F)F)cccc3[nH]2)c1. The van der Waals surface area contributed by atoms with Crippen molar-refractivity contribution in [2.24, 2.45) is 0 Å². The van der Waals surface area contributed by atoms with Crippen LogP contribution in [-0.2, 0) is 16.2 Å². The quantitative estimate of drug-likeness (QED) is 0.342. The maximum atomic E-state index is 13.4. The molecule has 0 bridgehead atoms. The molecule has 166 valence electrons. The van der Waals surface area contributed by atoms with Gasteiger partial charge in [-0.15, -0.1) is 0 Å². The Balaban J connectivity index is 1.58. The Hall–Kier alpha value is -2.89. The highest BCUT2D eigenvalue weighted by molar-refractivity contribution is 7.89. The van der Waals surface area contributed by atoms with Crippen molar-refractivity contribution < 1.29 is 21.6 Å². The van der Waals surface area contributed by atoms with Crippen LogP contribution in [0.4, 0.5) is 24.8 Å². The summed E-state index contributed by atoms with van der Waals surface area (Å²) in [4.78, 5) is 7.01. The Bertz CT molecular complexity index is 1390. The minimum Gasteiger partial charge on any atom is -0.325 e. The van der Waals surface area contributed by atoms with Crippen LogP contribution in [-0.4, -0.2) is 24.4 Å². The number of fused-ring (bicyclic) bond motifs is 1. The zero-order valence-corrected chi connectivity index (χ0v) is 18.0. The summed E-state index contributed by atoms with van der Waals surface area (Å²) < 4.78 is 68.1. The summed E-state index contributed by atoms with van der Waals surface area (Å²) in [5.74, 6) is 0.0814. The number of sulfonamides is 1. The third-order valence-electron chi connectivity index (χ3n) is 5.10. The number of hydrogen-bond acceptors (Lipinski definition) is 5. The van der Waals surface area contributed by atoms with E-state index in [2.05, 4.69) is 20.0 Å². The lowest BCUT2D eigenvalue weighted by molar-refractivity contribution is -0.136. The lowest BCUT2D eigenvalue weighted by Crippen LogP contribution is -2.25. The molecule has 32 heavy (non-hydrogen) atoms. The molecule has 0 radical (unpaired) electrons. The van der Waals surface area contributed by atoms with Gasteiger partial charge in [-0.1, -0.05) is 12.1 Å². The maximum Gasteiger partial charge on any atom is 0.418 e. The molecule has 6 nitrogen and oxygen atoms in total. The molecule has 0 atom stereocenters. The number of alkyl halides is 3. The Kier molecular flexibility index (Phi) is 4.99. The number of nitrogens with zero attached hydrogens (tertiary/aromatic N) is 1. The molecule has 0 amide bonds. The zero-order chi connectivity index (χ0) is 22.5. The highest BCUT2D eigenvalue weighted by Gasteiger charge is 2.34. The molecule has 0 saturated heterocycles. The van der Waals surface area contributed by atoms with Crippen molar-refractivity contribution >= 4 is 44.0 Å². The van der Waals surface area contributed by atoms with E-state index < -0.39 is 21.8 Å². The molecule has 1 aliphatic carbocycles. The minimum atomic E-state index is -4.55. The normalized spacial score (nSPS) is 14.7. The fraction of sp³-hybridized carbons (Fsp3) is 0.190. The van der Waals surface area contributed by atoms with Gasteiger partial charge in [-0.05, 0) is 59.5 Å². The Labute approximate surface area is 185 Å². The molecular formula is C21H17F3N4O2S2. The number of nitrogens with one attached hydrogen (secondary N) is 3. The van der Waals surface area contributed by atoms with Gasteiger partial charge in [-0.2, -0.15) is 24.5 Å². The van der Waals surface area contributed by atoms with Crippen molar-refractivity contribution in [3.63, 3.8) is 0 Å². The number of aromatic nitrogens is 2. The highest BCUT2D eigenvalue weighted by atomic mass is 32.2. The monoisotopic (exact) mass is 478 g/mol. The number of hydrogen-bond donors (Lipinski definition) is 3. The number of halogens is 3. The summed E-state index contributed by atoms with van der Waals surface area (Å²) in [5.41, 5.74) is 1.13. The first-order valence-electron chi connectivity index (χ1n) is 9.73. The fourth-order valence-corrected chi connectivity index (χ4v) is 5.39. The van der Waals surface area contributed by atoms with Gasteiger partial charge in [-0.25, -0.2) is 18.1 Å². The van der Waals surface area contributed by atoms with Crippen LogP contribution in [0.25, 0.3) is 22.2 Å². The van der Waals surface area contributed by atoms with E-state index in [0.29, 0.717) is 11.3 Å². The summed E-state index contributed by atoms with van der Waals surface area (Å²) in [6.07, 6.45) is -2.94. The van der Waals surface area contributed by atoms with Crippen molar-refractivity contribution in [2.45, 2.75) is 30.0 Å². The molecule has 2 aromatic carbocycles. The van der Waals surface area contributed by atoms with Crippen molar-refractivity contribution in [3.8, 4) is 11.1 Å². The molecule has 3 N–H and O–H groups in total.